The van der Waals surface area contributed by atoms with E-state index in [1.807, 2.05) is 41.0 Å². The van der Waals surface area contributed by atoms with Crippen LogP contribution in [-0.4, -0.2) is 9.55 Å². The van der Waals surface area contributed by atoms with Gasteiger partial charge in [-0.15, -0.1) is 0 Å². The normalized spacial score (nSPS) is 13.2. The van der Waals surface area contributed by atoms with Crippen molar-refractivity contribution in [2.24, 2.45) is 0 Å². The van der Waals surface area contributed by atoms with E-state index in [-0.39, 0.29) is 5.56 Å². The first-order valence-corrected chi connectivity index (χ1v) is 10.9. The van der Waals surface area contributed by atoms with E-state index in [4.69, 9.17) is 4.98 Å². The molecule has 0 bridgehead atoms. The molecular formula is C26H27N3O. The van der Waals surface area contributed by atoms with Crippen molar-refractivity contribution in [1.29, 1.82) is 5.26 Å². The summed E-state index contributed by atoms with van der Waals surface area (Å²) < 4.78 is 1.88. The van der Waals surface area contributed by atoms with Crippen molar-refractivity contribution in [3.8, 4) is 17.2 Å². The lowest BCUT2D eigenvalue weighted by Gasteiger charge is -2.17. The maximum Gasteiger partial charge on any atom is 0.257 e. The molecule has 0 amide bonds. The SMILES string of the molecule is CCCc1nc(CC)c(C2CC2)c(=O)n1Cc1ccc(-c2ccccc2C#N)cc1. The Hall–Kier alpha value is -3.19. The molecule has 3 aromatic rings. The smallest absolute Gasteiger partial charge is 0.257 e. The Kier molecular flexibility index (Phi) is 5.81. The molecule has 1 aliphatic carbocycles. The van der Waals surface area contributed by atoms with E-state index >= 15 is 0 Å². The summed E-state index contributed by atoms with van der Waals surface area (Å²) >= 11 is 0. The second-order valence-corrected chi connectivity index (χ2v) is 8.01. The molecule has 0 radical (unpaired) electrons. The van der Waals surface area contributed by atoms with Crippen LogP contribution < -0.4 is 5.56 Å². The van der Waals surface area contributed by atoms with E-state index in [2.05, 4.69) is 32.0 Å². The van der Waals surface area contributed by atoms with Crippen LogP contribution in [-0.2, 0) is 19.4 Å². The number of aryl methyl sites for hydroxylation is 2. The zero-order chi connectivity index (χ0) is 21.1. The molecule has 4 rings (SSSR count). The highest BCUT2D eigenvalue weighted by atomic mass is 16.1. The number of rotatable bonds is 7. The van der Waals surface area contributed by atoms with Gasteiger partial charge in [0, 0.05) is 12.0 Å². The molecule has 1 aliphatic rings. The first-order chi connectivity index (χ1) is 14.7. The van der Waals surface area contributed by atoms with Gasteiger partial charge in [-0.25, -0.2) is 4.98 Å². The van der Waals surface area contributed by atoms with E-state index in [9.17, 15) is 10.1 Å². The van der Waals surface area contributed by atoms with Gasteiger partial charge >= 0.3 is 0 Å². The fourth-order valence-corrected chi connectivity index (χ4v) is 4.10. The Morgan fingerprint density at radius 1 is 1.10 bits per heavy atom. The van der Waals surface area contributed by atoms with Crippen molar-refractivity contribution in [3.63, 3.8) is 0 Å². The lowest BCUT2D eigenvalue weighted by Crippen LogP contribution is -2.30. The maximum absolute atomic E-state index is 13.4. The molecule has 0 saturated heterocycles. The molecule has 1 saturated carbocycles. The van der Waals surface area contributed by atoms with Crippen LogP contribution in [0, 0.1) is 11.3 Å². The maximum atomic E-state index is 13.4. The molecule has 1 heterocycles. The predicted molar refractivity (Wildman–Crippen MR) is 120 cm³/mol. The fourth-order valence-electron chi connectivity index (χ4n) is 4.10. The number of aromatic nitrogens is 2. The summed E-state index contributed by atoms with van der Waals surface area (Å²) in [5.74, 6) is 1.29. The minimum absolute atomic E-state index is 0.145. The molecule has 0 N–H and O–H groups in total. The van der Waals surface area contributed by atoms with Crippen LogP contribution in [0.15, 0.2) is 53.3 Å². The third-order valence-electron chi connectivity index (χ3n) is 5.81. The van der Waals surface area contributed by atoms with Crippen LogP contribution in [0.25, 0.3) is 11.1 Å². The minimum Gasteiger partial charge on any atom is -0.292 e. The quantitative estimate of drug-likeness (QED) is 0.549. The molecule has 0 unspecified atom stereocenters. The van der Waals surface area contributed by atoms with Crippen molar-refractivity contribution >= 4 is 0 Å². The van der Waals surface area contributed by atoms with Gasteiger partial charge in [0.1, 0.15) is 5.82 Å². The molecule has 1 aromatic heterocycles. The summed E-state index contributed by atoms with van der Waals surface area (Å²) in [7, 11) is 0. The average Bonchev–Trinajstić information content (AvgIpc) is 3.61. The van der Waals surface area contributed by atoms with Crippen LogP contribution in [0.1, 0.15) is 67.2 Å². The third-order valence-corrected chi connectivity index (χ3v) is 5.81. The zero-order valence-electron chi connectivity index (χ0n) is 17.7. The van der Waals surface area contributed by atoms with Crippen molar-refractivity contribution in [2.45, 2.75) is 58.4 Å². The van der Waals surface area contributed by atoms with Crippen molar-refractivity contribution in [2.75, 3.05) is 0 Å². The van der Waals surface area contributed by atoms with Gasteiger partial charge in [0.2, 0.25) is 0 Å². The summed E-state index contributed by atoms with van der Waals surface area (Å²) in [4.78, 5) is 18.3. The number of nitriles is 1. The third kappa shape index (κ3) is 3.93. The van der Waals surface area contributed by atoms with Crippen LogP contribution in [0.3, 0.4) is 0 Å². The van der Waals surface area contributed by atoms with Gasteiger partial charge in [0.15, 0.2) is 0 Å². The molecule has 4 heteroatoms. The largest absolute Gasteiger partial charge is 0.292 e. The van der Waals surface area contributed by atoms with Gasteiger partial charge in [-0.05, 0) is 54.4 Å². The van der Waals surface area contributed by atoms with Crippen LogP contribution in [0.4, 0.5) is 0 Å². The summed E-state index contributed by atoms with van der Waals surface area (Å²) in [5.41, 5.74) is 5.75. The highest BCUT2D eigenvalue weighted by Gasteiger charge is 2.30. The lowest BCUT2D eigenvalue weighted by atomic mass is 9.99. The van der Waals surface area contributed by atoms with Crippen molar-refractivity contribution < 1.29 is 0 Å². The summed E-state index contributed by atoms with van der Waals surface area (Å²) in [6.07, 6.45) is 4.78. The Labute approximate surface area is 177 Å². The number of hydrogen-bond donors (Lipinski definition) is 0. The molecule has 0 aliphatic heterocycles. The highest BCUT2D eigenvalue weighted by Crippen LogP contribution is 2.39. The number of nitrogens with zero attached hydrogens (tertiary/aromatic N) is 3. The van der Waals surface area contributed by atoms with Crippen molar-refractivity contribution in [3.05, 3.63) is 87.1 Å². The number of hydrogen-bond acceptors (Lipinski definition) is 3. The van der Waals surface area contributed by atoms with Gasteiger partial charge in [0.05, 0.1) is 23.9 Å². The molecular weight excluding hydrogens is 370 g/mol. The summed E-state index contributed by atoms with van der Waals surface area (Å²) in [5, 5.41) is 9.36. The van der Waals surface area contributed by atoms with Crippen LogP contribution in [0.5, 0.6) is 0 Å². The predicted octanol–water partition coefficient (Wildman–Crippen LogP) is 5.22. The molecule has 30 heavy (non-hydrogen) atoms. The van der Waals surface area contributed by atoms with E-state index in [0.29, 0.717) is 18.0 Å². The molecule has 152 valence electrons. The second kappa shape index (κ2) is 8.67. The van der Waals surface area contributed by atoms with E-state index in [0.717, 1.165) is 65.9 Å². The van der Waals surface area contributed by atoms with Gasteiger partial charge in [-0.1, -0.05) is 56.3 Å². The monoisotopic (exact) mass is 397 g/mol. The highest BCUT2D eigenvalue weighted by molar-refractivity contribution is 5.70. The Morgan fingerprint density at radius 3 is 2.47 bits per heavy atom. The first-order valence-electron chi connectivity index (χ1n) is 10.9. The Balaban J connectivity index is 1.69. The summed E-state index contributed by atoms with van der Waals surface area (Å²) in [6, 6.07) is 18.0. The Bertz CT molecular complexity index is 1150. The van der Waals surface area contributed by atoms with E-state index in [1.54, 1.807) is 0 Å². The number of benzene rings is 2. The van der Waals surface area contributed by atoms with E-state index < -0.39 is 0 Å². The molecule has 2 aromatic carbocycles. The van der Waals surface area contributed by atoms with Crippen LogP contribution in [0.2, 0.25) is 0 Å². The first kappa shape index (κ1) is 20.1. The minimum atomic E-state index is 0.145. The topological polar surface area (TPSA) is 58.7 Å². The van der Waals surface area contributed by atoms with Gasteiger partial charge < -0.3 is 0 Å². The molecule has 4 nitrogen and oxygen atoms in total. The van der Waals surface area contributed by atoms with Crippen molar-refractivity contribution in [1.82, 2.24) is 9.55 Å². The second-order valence-electron chi connectivity index (χ2n) is 8.01. The lowest BCUT2D eigenvalue weighted by molar-refractivity contribution is 0.632. The molecule has 0 spiro atoms. The standard InChI is InChI=1S/C26H27N3O/c1-3-7-24-28-23(4-2)25(20-14-15-20)26(30)29(24)17-18-10-12-19(13-11-18)22-9-6-5-8-21(22)16-27/h5-6,8-13,20H,3-4,7,14-15,17H2,1-2H3. The van der Waals surface area contributed by atoms with E-state index in [1.165, 1.54) is 0 Å². The zero-order valence-corrected chi connectivity index (χ0v) is 17.7. The van der Waals surface area contributed by atoms with Gasteiger partial charge in [-0.2, -0.15) is 5.26 Å². The van der Waals surface area contributed by atoms with Crippen LogP contribution >= 0.6 is 0 Å². The van der Waals surface area contributed by atoms with Gasteiger partial charge in [0.25, 0.3) is 5.56 Å². The average molecular weight is 398 g/mol. The molecule has 0 atom stereocenters. The molecule has 1 fully saturated rings. The Morgan fingerprint density at radius 2 is 1.83 bits per heavy atom. The fraction of sp³-hybridized carbons (Fsp3) is 0.346. The van der Waals surface area contributed by atoms with Gasteiger partial charge in [-0.3, -0.25) is 9.36 Å². The summed E-state index contributed by atoms with van der Waals surface area (Å²) in [6.45, 7) is 4.74.